The molecule has 3 saturated carbocycles. The van der Waals surface area contributed by atoms with E-state index in [-0.39, 0.29) is 35.6 Å². The van der Waals surface area contributed by atoms with Crippen molar-refractivity contribution in [3.05, 3.63) is 41.7 Å². The zero-order valence-corrected chi connectivity index (χ0v) is 18.8. The van der Waals surface area contributed by atoms with E-state index in [9.17, 15) is 4.79 Å². The first-order valence-electron chi connectivity index (χ1n) is 11.4. The largest absolute Gasteiger partial charge is 0.466 e. The van der Waals surface area contributed by atoms with Gasteiger partial charge in [0.25, 0.3) is 0 Å². The van der Waals surface area contributed by atoms with Crippen LogP contribution in [0.4, 0.5) is 4.39 Å². The fraction of sp³-hybridized carbons (Fsp3) is 0.417. The molecule has 7 nitrogen and oxygen atoms in total. The number of aromatic nitrogens is 5. The average Bonchev–Trinajstić information content (AvgIpc) is 3.39. The quantitative estimate of drug-likeness (QED) is 0.411. The number of carbonyl (C=O) groups is 1. The van der Waals surface area contributed by atoms with Crippen molar-refractivity contribution in [1.29, 1.82) is 0 Å². The molecule has 4 aromatic heterocycles. The molecule has 9 heteroatoms. The standard InChI is InChI=1S/C24H23ClFN5O2/c1-2-33-24(32)19-12-3-5-13(6-4-12)20(19)31-11-18(26)17-10-29-22(30-23(17)31)16-9-28-21-15(16)7-14(25)8-27-21/h7-13,19-20H,2-6H2,1H3,(H,27,28)/t12?,13?,19-,20-/m1/s1. The number of nitrogens with one attached hydrogen (secondary N) is 1. The molecule has 3 fully saturated rings. The second kappa shape index (κ2) is 7.80. The number of ether oxygens (including phenoxy) is 1. The molecule has 0 aromatic carbocycles. The number of hydrogen-bond donors (Lipinski definition) is 1. The van der Waals surface area contributed by atoms with Gasteiger partial charge in [-0.1, -0.05) is 11.6 Å². The molecule has 4 aromatic rings. The number of carbonyl (C=O) groups excluding carboxylic acids is 1. The van der Waals surface area contributed by atoms with Gasteiger partial charge in [0, 0.05) is 35.7 Å². The topological polar surface area (TPSA) is 85.7 Å². The zero-order chi connectivity index (χ0) is 22.7. The Morgan fingerprint density at radius 1 is 1.21 bits per heavy atom. The Bertz CT molecular complexity index is 1370. The van der Waals surface area contributed by atoms with Gasteiger partial charge in [0.1, 0.15) is 11.3 Å². The lowest BCUT2D eigenvalue weighted by Gasteiger charge is -2.47. The van der Waals surface area contributed by atoms with E-state index in [2.05, 4.69) is 15.0 Å². The number of H-pyrrole nitrogens is 1. The maximum atomic E-state index is 15.0. The highest BCUT2D eigenvalue weighted by Gasteiger charge is 2.49. The van der Waals surface area contributed by atoms with Crippen molar-refractivity contribution in [2.45, 2.75) is 38.6 Å². The fourth-order valence-corrected chi connectivity index (χ4v) is 6.06. The van der Waals surface area contributed by atoms with Crippen LogP contribution in [0.5, 0.6) is 0 Å². The van der Waals surface area contributed by atoms with Gasteiger partial charge in [0.15, 0.2) is 11.6 Å². The molecular weight excluding hydrogens is 445 g/mol. The van der Waals surface area contributed by atoms with E-state index in [1.165, 1.54) is 12.4 Å². The summed E-state index contributed by atoms with van der Waals surface area (Å²) in [6.45, 7) is 2.16. The van der Waals surface area contributed by atoms with E-state index in [0.29, 0.717) is 34.1 Å². The third-order valence-corrected chi connectivity index (χ3v) is 7.52. The van der Waals surface area contributed by atoms with Crippen molar-refractivity contribution in [2.75, 3.05) is 6.61 Å². The lowest BCUT2D eigenvalue weighted by Crippen LogP contribution is -2.45. The van der Waals surface area contributed by atoms with Gasteiger partial charge in [0.2, 0.25) is 0 Å². The molecule has 2 atom stereocenters. The van der Waals surface area contributed by atoms with Gasteiger partial charge in [-0.3, -0.25) is 4.79 Å². The van der Waals surface area contributed by atoms with Crippen LogP contribution < -0.4 is 0 Å². The minimum Gasteiger partial charge on any atom is -0.466 e. The number of rotatable bonds is 4. The molecule has 0 amide bonds. The monoisotopic (exact) mass is 467 g/mol. The first kappa shape index (κ1) is 20.6. The molecule has 3 aliphatic carbocycles. The first-order chi connectivity index (χ1) is 16.0. The van der Waals surface area contributed by atoms with Gasteiger partial charge in [-0.2, -0.15) is 0 Å². The molecule has 0 radical (unpaired) electrons. The Morgan fingerprint density at radius 3 is 2.79 bits per heavy atom. The number of esters is 1. The maximum absolute atomic E-state index is 15.0. The summed E-state index contributed by atoms with van der Waals surface area (Å²) in [5, 5.41) is 1.65. The van der Waals surface area contributed by atoms with Crippen molar-refractivity contribution in [3.63, 3.8) is 0 Å². The summed E-state index contributed by atoms with van der Waals surface area (Å²) in [5.74, 6) is 0.124. The molecule has 4 heterocycles. The van der Waals surface area contributed by atoms with Gasteiger partial charge in [-0.25, -0.2) is 19.3 Å². The molecule has 33 heavy (non-hydrogen) atoms. The summed E-state index contributed by atoms with van der Waals surface area (Å²) >= 11 is 6.15. The lowest BCUT2D eigenvalue weighted by atomic mass is 9.61. The highest BCUT2D eigenvalue weighted by atomic mass is 35.5. The zero-order valence-electron chi connectivity index (χ0n) is 18.1. The van der Waals surface area contributed by atoms with Gasteiger partial charge >= 0.3 is 5.97 Å². The molecule has 2 bridgehead atoms. The number of hydrogen-bond acceptors (Lipinski definition) is 5. The predicted octanol–water partition coefficient (Wildman–Crippen LogP) is 5.31. The summed E-state index contributed by atoms with van der Waals surface area (Å²) in [5.41, 5.74) is 1.91. The van der Waals surface area contributed by atoms with Gasteiger partial charge < -0.3 is 14.3 Å². The second-order valence-electron chi connectivity index (χ2n) is 9.01. The van der Waals surface area contributed by atoms with Crippen LogP contribution in [-0.4, -0.2) is 37.1 Å². The predicted molar refractivity (Wildman–Crippen MR) is 122 cm³/mol. The van der Waals surface area contributed by atoms with Crippen LogP contribution in [0, 0.1) is 23.6 Å². The molecule has 7 rings (SSSR count). The Balaban J connectivity index is 1.50. The number of fused-ring (bicyclic) bond motifs is 5. The van der Waals surface area contributed by atoms with E-state index in [1.807, 2.05) is 11.5 Å². The molecule has 0 aliphatic heterocycles. The van der Waals surface area contributed by atoms with Crippen molar-refractivity contribution in [2.24, 2.45) is 17.8 Å². The smallest absolute Gasteiger partial charge is 0.311 e. The van der Waals surface area contributed by atoms with E-state index in [0.717, 1.165) is 36.6 Å². The van der Waals surface area contributed by atoms with Crippen LogP contribution >= 0.6 is 11.6 Å². The summed E-state index contributed by atoms with van der Waals surface area (Å²) in [7, 11) is 0. The van der Waals surface area contributed by atoms with Crippen molar-refractivity contribution in [3.8, 4) is 11.4 Å². The van der Waals surface area contributed by atoms with Gasteiger partial charge in [-0.15, -0.1) is 0 Å². The Kier molecular flexibility index (Phi) is 4.87. The van der Waals surface area contributed by atoms with Crippen LogP contribution in [0.3, 0.4) is 0 Å². The van der Waals surface area contributed by atoms with E-state index in [4.69, 9.17) is 21.3 Å². The lowest BCUT2D eigenvalue weighted by molar-refractivity contribution is -0.157. The minimum atomic E-state index is -0.385. The molecule has 0 saturated heterocycles. The Morgan fingerprint density at radius 2 is 2.00 bits per heavy atom. The molecular formula is C24H23ClFN5O2. The van der Waals surface area contributed by atoms with E-state index < -0.39 is 0 Å². The normalized spacial score (nSPS) is 24.6. The molecule has 1 N–H and O–H groups in total. The van der Waals surface area contributed by atoms with E-state index in [1.54, 1.807) is 18.5 Å². The first-order valence-corrected chi connectivity index (χ1v) is 11.8. The van der Waals surface area contributed by atoms with Gasteiger partial charge in [0.05, 0.1) is 29.0 Å². The summed E-state index contributed by atoms with van der Waals surface area (Å²) in [6.07, 6.45) is 10.4. The molecule has 0 spiro atoms. The number of pyridine rings is 1. The minimum absolute atomic E-state index is 0.176. The van der Waals surface area contributed by atoms with Crippen LogP contribution in [0.15, 0.2) is 30.9 Å². The number of halogens is 2. The van der Waals surface area contributed by atoms with Gasteiger partial charge in [-0.05, 0) is 50.5 Å². The van der Waals surface area contributed by atoms with Crippen LogP contribution in [0.1, 0.15) is 38.6 Å². The van der Waals surface area contributed by atoms with Crippen LogP contribution in [0.2, 0.25) is 5.02 Å². The van der Waals surface area contributed by atoms with Crippen molar-refractivity contribution >= 4 is 39.6 Å². The van der Waals surface area contributed by atoms with Crippen LogP contribution in [-0.2, 0) is 9.53 Å². The Labute approximate surface area is 194 Å². The maximum Gasteiger partial charge on any atom is 0.311 e. The third kappa shape index (κ3) is 3.22. The summed E-state index contributed by atoms with van der Waals surface area (Å²) < 4.78 is 22.3. The molecule has 3 aliphatic rings. The Hall–Kier alpha value is -3.00. The average molecular weight is 468 g/mol. The van der Waals surface area contributed by atoms with Crippen LogP contribution in [0.25, 0.3) is 33.5 Å². The van der Waals surface area contributed by atoms with Crippen molar-refractivity contribution < 1.29 is 13.9 Å². The number of nitrogens with zero attached hydrogens (tertiary/aromatic N) is 4. The molecule has 0 unspecified atom stereocenters. The van der Waals surface area contributed by atoms with Crippen molar-refractivity contribution in [1.82, 2.24) is 24.5 Å². The SMILES string of the molecule is CCOC(=O)[C@@H]1C2CCC(CC2)[C@H]1n1cc(F)c2cnc(-c3c[nH]c4ncc(Cl)cc34)nc21. The summed E-state index contributed by atoms with van der Waals surface area (Å²) in [6, 6.07) is 1.63. The third-order valence-electron chi connectivity index (χ3n) is 7.32. The second-order valence-corrected chi connectivity index (χ2v) is 9.45. The highest BCUT2D eigenvalue weighted by Crippen LogP contribution is 2.52. The fourth-order valence-electron chi connectivity index (χ4n) is 5.90. The number of aromatic amines is 1. The van der Waals surface area contributed by atoms with E-state index >= 15 is 4.39 Å². The molecule has 170 valence electrons. The summed E-state index contributed by atoms with van der Waals surface area (Å²) in [4.78, 5) is 29.6. The highest BCUT2D eigenvalue weighted by molar-refractivity contribution is 6.31.